The fourth-order valence-corrected chi connectivity index (χ4v) is 2.54. The van der Waals surface area contributed by atoms with Crippen molar-refractivity contribution in [2.45, 2.75) is 33.6 Å². The molecule has 0 bridgehead atoms. The first-order chi connectivity index (χ1) is 7.86. The van der Waals surface area contributed by atoms with E-state index in [-0.39, 0.29) is 0 Å². The summed E-state index contributed by atoms with van der Waals surface area (Å²) < 4.78 is 5.68. The van der Waals surface area contributed by atoms with E-state index in [0.29, 0.717) is 0 Å². The summed E-state index contributed by atoms with van der Waals surface area (Å²) in [5.74, 6) is 1.09. The summed E-state index contributed by atoms with van der Waals surface area (Å²) in [4.78, 5) is 2.48. The third kappa shape index (κ3) is 1.77. The topological polar surface area (TPSA) is 12.5 Å². The van der Waals surface area contributed by atoms with Crippen molar-refractivity contribution >= 4 is 5.69 Å². The Hall–Kier alpha value is -1.18. The second-order valence-corrected chi connectivity index (χ2v) is 4.15. The van der Waals surface area contributed by atoms with Crippen LogP contribution in [0, 0.1) is 6.92 Å². The fraction of sp³-hybridized carbons (Fsp3) is 0.571. The third-order valence-electron chi connectivity index (χ3n) is 3.27. The minimum atomic E-state index is 0.843. The van der Waals surface area contributed by atoms with Crippen molar-refractivity contribution in [2.24, 2.45) is 0 Å². The van der Waals surface area contributed by atoms with Crippen LogP contribution < -0.4 is 9.64 Å². The van der Waals surface area contributed by atoms with E-state index in [0.717, 1.165) is 18.9 Å². The molecule has 0 aromatic heterocycles. The molecule has 1 aromatic rings. The smallest absolute Gasteiger partial charge is 0.142 e. The van der Waals surface area contributed by atoms with E-state index >= 15 is 0 Å². The zero-order valence-electron chi connectivity index (χ0n) is 10.5. The molecule has 0 aliphatic carbocycles. The lowest BCUT2D eigenvalue weighted by atomic mass is 9.96. The van der Waals surface area contributed by atoms with Gasteiger partial charge in [-0.3, -0.25) is 0 Å². The molecular formula is C14H21NO. The molecule has 2 aliphatic heterocycles. The molecule has 2 heteroatoms. The first-order valence-corrected chi connectivity index (χ1v) is 6.36. The van der Waals surface area contributed by atoms with Crippen molar-refractivity contribution in [1.82, 2.24) is 0 Å². The van der Waals surface area contributed by atoms with Gasteiger partial charge in [-0.25, -0.2) is 0 Å². The summed E-state index contributed by atoms with van der Waals surface area (Å²) in [5, 5.41) is 0. The van der Waals surface area contributed by atoms with Crippen LogP contribution in [-0.4, -0.2) is 19.7 Å². The molecule has 2 aliphatic rings. The molecular weight excluding hydrogens is 198 g/mol. The van der Waals surface area contributed by atoms with Crippen molar-refractivity contribution in [3.05, 3.63) is 23.3 Å². The lowest BCUT2D eigenvalue weighted by Crippen LogP contribution is -2.37. The number of nitrogens with zero attached hydrogens (tertiary/aromatic N) is 1. The molecule has 0 saturated carbocycles. The molecule has 16 heavy (non-hydrogen) atoms. The van der Waals surface area contributed by atoms with Crippen LogP contribution in [-0.2, 0) is 6.42 Å². The summed E-state index contributed by atoms with van der Waals surface area (Å²) in [6, 6.07) is 4.30. The summed E-state index contributed by atoms with van der Waals surface area (Å²) in [7, 11) is 0. The van der Waals surface area contributed by atoms with Crippen LogP contribution in [0.3, 0.4) is 0 Å². The molecule has 0 radical (unpaired) electrons. The number of hydrogen-bond donors (Lipinski definition) is 0. The van der Waals surface area contributed by atoms with Gasteiger partial charge >= 0.3 is 0 Å². The average molecular weight is 219 g/mol. The monoisotopic (exact) mass is 219 g/mol. The molecule has 0 spiro atoms. The fourth-order valence-electron chi connectivity index (χ4n) is 2.54. The predicted octanol–water partition coefficient (Wildman–Crippen LogP) is 3.17. The first kappa shape index (κ1) is 11.3. The van der Waals surface area contributed by atoms with Crippen molar-refractivity contribution < 1.29 is 4.74 Å². The van der Waals surface area contributed by atoms with Crippen molar-refractivity contribution in [3.8, 4) is 5.75 Å². The average Bonchev–Trinajstić information content (AvgIpc) is 2.37. The maximum Gasteiger partial charge on any atom is 0.142 e. The minimum absolute atomic E-state index is 0.843. The van der Waals surface area contributed by atoms with Crippen LogP contribution in [0.15, 0.2) is 12.1 Å². The van der Waals surface area contributed by atoms with Gasteiger partial charge in [0.25, 0.3) is 0 Å². The molecule has 0 saturated heterocycles. The Morgan fingerprint density at radius 1 is 1.19 bits per heavy atom. The van der Waals surface area contributed by atoms with Gasteiger partial charge in [0.05, 0.1) is 12.2 Å². The van der Waals surface area contributed by atoms with Gasteiger partial charge < -0.3 is 9.64 Å². The maximum absolute atomic E-state index is 5.68. The first-order valence-electron chi connectivity index (χ1n) is 6.36. The number of rotatable bonds is 0. The Morgan fingerprint density at radius 2 is 2.00 bits per heavy atom. The summed E-state index contributed by atoms with van der Waals surface area (Å²) in [6.07, 6.45) is 2.51. The van der Waals surface area contributed by atoms with E-state index in [1.807, 2.05) is 13.8 Å². The Bertz CT molecular complexity index is 371. The molecule has 1 aromatic carbocycles. The second kappa shape index (κ2) is 4.77. The number of anilines is 1. The Labute approximate surface area is 98.2 Å². The molecule has 2 nitrogen and oxygen atoms in total. The predicted molar refractivity (Wildman–Crippen MR) is 68.6 cm³/mol. The van der Waals surface area contributed by atoms with E-state index in [2.05, 4.69) is 24.0 Å². The van der Waals surface area contributed by atoms with Gasteiger partial charge in [-0.15, -0.1) is 0 Å². The Morgan fingerprint density at radius 3 is 2.81 bits per heavy atom. The van der Waals surface area contributed by atoms with Gasteiger partial charge in [-0.1, -0.05) is 19.9 Å². The van der Waals surface area contributed by atoms with Gasteiger partial charge in [0.1, 0.15) is 12.4 Å². The standard InChI is InChI=1S/C12H15NO.C2H6/c1-9-4-5-11-12-10(9)3-2-6-13(12)7-8-14-11;1-2/h4-5H,2-3,6-8H2,1H3;1-2H3. The summed E-state index contributed by atoms with van der Waals surface area (Å²) >= 11 is 0. The number of benzene rings is 1. The quantitative estimate of drug-likeness (QED) is 0.664. The van der Waals surface area contributed by atoms with Crippen LogP contribution >= 0.6 is 0 Å². The van der Waals surface area contributed by atoms with Crippen LogP contribution in [0.25, 0.3) is 0 Å². The highest BCUT2D eigenvalue weighted by Gasteiger charge is 2.25. The lowest BCUT2D eigenvalue weighted by Gasteiger charge is -2.37. The molecule has 0 amide bonds. The van der Waals surface area contributed by atoms with E-state index in [1.165, 1.54) is 36.2 Å². The second-order valence-electron chi connectivity index (χ2n) is 4.15. The van der Waals surface area contributed by atoms with Crippen LogP contribution in [0.1, 0.15) is 31.4 Å². The third-order valence-corrected chi connectivity index (χ3v) is 3.27. The van der Waals surface area contributed by atoms with Crippen molar-refractivity contribution in [1.29, 1.82) is 0 Å². The highest BCUT2D eigenvalue weighted by molar-refractivity contribution is 5.68. The van der Waals surface area contributed by atoms with Gasteiger partial charge in [-0.05, 0) is 37.0 Å². The van der Waals surface area contributed by atoms with Gasteiger partial charge in [0.2, 0.25) is 0 Å². The molecule has 0 unspecified atom stereocenters. The largest absolute Gasteiger partial charge is 0.490 e. The van der Waals surface area contributed by atoms with Gasteiger partial charge in [-0.2, -0.15) is 0 Å². The maximum atomic E-state index is 5.68. The number of hydrogen-bond acceptors (Lipinski definition) is 2. The molecule has 2 heterocycles. The van der Waals surface area contributed by atoms with Gasteiger partial charge in [0, 0.05) is 6.54 Å². The Balaban J connectivity index is 0.000000457. The SMILES string of the molecule is CC.Cc1ccc2c3c1CCCN3CCO2. The van der Waals surface area contributed by atoms with E-state index in [9.17, 15) is 0 Å². The van der Waals surface area contributed by atoms with E-state index < -0.39 is 0 Å². The van der Waals surface area contributed by atoms with E-state index in [4.69, 9.17) is 4.74 Å². The highest BCUT2D eigenvalue weighted by atomic mass is 16.5. The summed E-state index contributed by atoms with van der Waals surface area (Å²) in [6.45, 7) is 9.31. The van der Waals surface area contributed by atoms with E-state index in [1.54, 1.807) is 0 Å². The van der Waals surface area contributed by atoms with Crippen LogP contribution in [0.5, 0.6) is 5.75 Å². The van der Waals surface area contributed by atoms with Crippen molar-refractivity contribution in [2.75, 3.05) is 24.6 Å². The number of aryl methyl sites for hydroxylation is 1. The Kier molecular flexibility index (Phi) is 3.37. The van der Waals surface area contributed by atoms with Crippen LogP contribution in [0.4, 0.5) is 5.69 Å². The summed E-state index contributed by atoms with van der Waals surface area (Å²) in [5.41, 5.74) is 4.30. The minimum Gasteiger partial charge on any atom is -0.490 e. The van der Waals surface area contributed by atoms with Crippen molar-refractivity contribution in [3.63, 3.8) is 0 Å². The lowest BCUT2D eigenvalue weighted by molar-refractivity contribution is 0.304. The molecule has 88 valence electrons. The zero-order valence-corrected chi connectivity index (χ0v) is 10.5. The molecule has 0 N–H and O–H groups in total. The number of ether oxygens (including phenoxy) is 1. The normalized spacial score (nSPS) is 16.8. The molecule has 3 rings (SSSR count). The van der Waals surface area contributed by atoms with Gasteiger partial charge in [0.15, 0.2) is 0 Å². The molecule has 0 atom stereocenters. The van der Waals surface area contributed by atoms with Crippen LogP contribution in [0.2, 0.25) is 0 Å². The molecule has 0 fully saturated rings. The zero-order chi connectivity index (χ0) is 11.5. The highest BCUT2D eigenvalue weighted by Crippen LogP contribution is 2.39.